The summed E-state index contributed by atoms with van der Waals surface area (Å²) in [7, 11) is 0. The summed E-state index contributed by atoms with van der Waals surface area (Å²) in [4.78, 5) is 21.4. The maximum absolute atomic E-state index is 6.28. The van der Waals surface area contributed by atoms with Gasteiger partial charge in [0, 0.05) is 54.9 Å². The maximum atomic E-state index is 6.28. The summed E-state index contributed by atoms with van der Waals surface area (Å²) in [6, 6.07) is 84.0. The highest BCUT2D eigenvalue weighted by molar-refractivity contribution is 6.25. The number of nitrogens with one attached hydrogen (secondary N) is 2. The zero-order valence-corrected chi connectivity index (χ0v) is 58.3. The van der Waals surface area contributed by atoms with E-state index in [-0.39, 0.29) is 0 Å². The van der Waals surface area contributed by atoms with Crippen LogP contribution in [0.4, 0.5) is 0 Å². The van der Waals surface area contributed by atoms with Gasteiger partial charge in [-0.3, -0.25) is 0 Å². The first-order valence-corrected chi connectivity index (χ1v) is 36.2. The minimum Gasteiger partial charge on any atom is -0.354 e. The van der Waals surface area contributed by atoms with E-state index in [4.69, 9.17) is 20.2 Å². The average molecular weight is 1300 g/mol. The number of aromatic nitrogens is 8. The van der Waals surface area contributed by atoms with E-state index in [1.54, 1.807) is 0 Å². The molecule has 2 N–H and O–H groups in total. The van der Waals surface area contributed by atoms with E-state index in [1.807, 2.05) is 0 Å². The highest BCUT2D eigenvalue weighted by Gasteiger charge is 2.34. The smallest absolute Gasteiger partial charge is 0.104 e. The SMILES string of the molecule is CCC1=C(CC)c2nc1c(-c1ccccc1)c1nn3c4ccccc4c(c4[nH]c(c(CC)c4CC)c(-c4ccccc4)c4nc(c(-c5ccccc5)c5nn6c7ccccc7c(c7[nH]c(c(CC)c7CC)c2-c2ccccc2)c6c5-c2ccccc2)C(CC)=C4CC)c3c1-c1ccccc1. The molecule has 0 atom stereocenters. The van der Waals surface area contributed by atoms with E-state index in [0.29, 0.717) is 0 Å². The van der Waals surface area contributed by atoms with Crippen LogP contribution in [0.5, 0.6) is 0 Å². The maximum Gasteiger partial charge on any atom is 0.104 e. The van der Waals surface area contributed by atoms with Crippen molar-refractivity contribution in [2.24, 2.45) is 0 Å². The van der Waals surface area contributed by atoms with E-state index in [1.165, 1.54) is 44.5 Å². The van der Waals surface area contributed by atoms with Crippen LogP contribution in [0.25, 0.3) is 166 Å². The van der Waals surface area contributed by atoms with Crippen LogP contribution in [0, 0.1) is 0 Å². The second-order valence-electron chi connectivity index (χ2n) is 26.5. The van der Waals surface area contributed by atoms with E-state index in [0.717, 1.165) is 218 Å². The number of allylic oxidation sites excluding steroid dienone is 4. The van der Waals surface area contributed by atoms with Crippen molar-refractivity contribution in [1.29, 1.82) is 0 Å². The molecule has 100 heavy (non-hydrogen) atoms. The van der Waals surface area contributed by atoms with Crippen LogP contribution < -0.4 is 0 Å². The molecule has 488 valence electrons. The summed E-state index contributed by atoms with van der Waals surface area (Å²) in [5.74, 6) is 0. The number of rotatable bonds is 14. The van der Waals surface area contributed by atoms with Crippen molar-refractivity contribution in [3.8, 4) is 66.8 Å². The number of benzene rings is 8. The zero-order chi connectivity index (χ0) is 67.9. The fraction of sp³-hybridized carbons (Fsp3) is 0.174. The first kappa shape index (κ1) is 62.1. The summed E-state index contributed by atoms with van der Waals surface area (Å²) in [5, 5.41) is 16.7. The van der Waals surface area contributed by atoms with Gasteiger partial charge in [-0.15, -0.1) is 0 Å². The number of H-pyrrole nitrogens is 2. The Morgan fingerprint density at radius 1 is 0.260 bits per heavy atom. The standard InChI is InChI=1S/C92H80N8/c1-9-61-63(11-3)85-75(57-43-27-19-28-44-57)89-77(59-47-31-21-32-48-59)91-80(70-52-36-37-53-71(70)99(91)97-89)88-68(16-8)66(14-6)84(96-88)74(56-41-25-18-26-42-56)82-62(10-2)64(12-4)86(94-82)76(58-45-29-20-30-46-58)90-78(60-49-33-22-34-50-60)92-79(69-51-35-38-54-72(69)100(92)98-90)87-67(15-7)65(13-5)83(95-87)73(81(61)93-85)55-39-23-17-24-40-55/h17-54,95-96H,9-16H2,1-8H3. The molecule has 0 fully saturated rings. The fourth-order valence-electron chi connectivity index (χ4n) is 17.2. The van der Waals surface area contributed by atoms with Gasteiger partial charge in [0.1, 0.15) is 11.0 Å². The van der Waals surface area contributed by atoms with E-state index in [9.17, 15) is 0 Å². The molecule has 0 radical (unpaired) electrons. The number of nitrogens with zero attached hydrogens (tertiary/aromatic N) is 6. The van der Waals surface area contributed by atoms with Gasteiger partial charge in [-0.05, 0) is 141 Å². The minimum absolute atomic E-state index is 0.755. The summed E-state index contributed by atoms with van der Waals surface area (Å²) < 4.78 is 4.53. The van der Waals surface area contributed by atoms with Crippen molar-refractivity contribution in [3.63, 3.8) is 0 Å². The summed E-state index contributed by atoms with van der Waals surface area (Å²) in [6.07, 6.45) is 6.18. The van der Waals surface area contributed by atoms with Crippen molar-refractivity contribution in [2.75, 3.05) is 0 Å². The molecule has 0 unspecified atom stereocenters. The van der Waals surface area contributed by atoms with Crippen molar-refractivity contribution >= 4 is 99.0 Å². The molecule has 9 heterocycles. The minimum atomic E-state index is 0.755. The number of para-hydroxylation sites is 2. The lowest BCUT2D eigenvalue weighted by Gasteiger charge is -2.11. The van der Waals surface area contributed by atoms with Crippen LogP contribution in [0.2, 0.25) is 0 Å². The summed E-state index contributed by atoms with van der Waals surface area (Å²) in [5.41, 5.74) is 37.0. The Morgan fingerprint density at radius 3 is 0.800 bits per heavy atom. The molecule has 8 heteroatoms. The van der Waals surface area contributed by atoms with Crippen LogP contribution >= 0.6 is 0 Å². The second-order valence-corrected chi connectivity index (χ2v) is 26.5. The molecule has 2 aliphatic heterocycles. The van der Waals surface area contributed by atoms with Crippen molar-refractivity contribution in [3.05, 3.63) is 276 Å². The lowest BCUT2D eigenvalue weighted by atomic mass is 9.90. The number of fused-ring (bicyclic) bond motifs is 18. The molecule has 15 aromatic rings. The van der Waals surface area contributed by atoms with Crippen molar-refractivity contribution in [1.82, 2.24) is 39.2 Å². The number of hydrogen-bond acceptors (Lipinski definition) is 4. The Bertz CT molecular complexity index is 5690. The van der Waals surface area contributed by atoms with Crippen LogP contribution in [0.3, 0.4) is 0 Å². The van der Waals surface area contributed by atoms with Crippen LogP contribution in [0.15, 0.2) is 231 Å². The predicted molar refractivity (Wildman–Crippen MR) is 422 cm³/mol. The second kappa shape index (κ2) is 25.4. The van der Waals surface area contributed by atoms with Gasteiger partial charge < -0.3 is 9.97 Å². The Morgan fingerprint density at radius 2 is 0.510 bits per heavy atom. The lowest BCUT2D eigenvalue weighted by Crippen LogP contribution is -1.93. The molecule has 7 aromatic heterocycles. The molecular formula is C92H80N8. The van der Waals surface area contributed by atoms with E-state index < -0.39 is 0 Å². The Kier molecular flexibility index (Phi) is 15.8. The molecule has 0 saturated heterocycles. The Labute approximate surface area is 583 Å². The van der Waals surface area contributed by atoms with Crippen LogP contribution in [-0.4, -0.2) is 39.2 Å². The highest BCUT2D eigenvalue weighted by Crippen LogP contribution is 2.52. The molecule has 2 aliphatic rings. The topological polar surface area (TPSA) is 92.0 Å². The predicted octanol–water partition coefficient (Wildman–Crippen LogP) is 24.5. The van der Waals surface area contributed by atoms with Gasteiger partial charge in [0.2, 0.25) is 0 Å². The molecule has 12 bridgehead atoms. The molecule has 17 rings (SSSR count). The number of aryl methyl sites for hydroxylation is 4. The third-order valence-electron chi connectivity index (χ3n) is 21.4. The van der Waals surface area contributed by atoms with E-state index >= 15 is 0 Å². The summed E-state index contributed by atoms with van der Waals surface area (Å²) in [6.45, 7) is 18.6. The highest BCUT2D eigenvalue weighted by atomic mass is 15.2. The zero-order valence-electron chi connectivity index (χ0n) is 58.3. The fourth-order valence-corrected chi connectivity index (χ4v) is 17.2. The molecule has 0 amide bonds. The quantitative estimate of drug-likeness (QED) is 0.113. The number of hydrogen-bond donors (Lipinski definition) is 2. The molecule has 0 aliphatic carbocycles. The van der Waals surface area contributed by atoms with Gasteiger partial charge in [0.15, 0.2) is 0 Å². The molecular weight excluding hydrogens is 1220 g/mol. The van der Waals surface area contributed by atoms with Crippen molar-refractivity contribution in [2.45, 2.75) is 107 Å². The van der Waals surface area contributed by atoms with Gasteiger partial charge >= 0.3 is 0 Å². The van der Waals surface area contributed by atoms with Crippen LogP contribution in [0.1, 0.15) is 126 Å². The molecule has 8 aromatic carbocycles. The lowest BCUT2D eigenvalue weighted by molar-refractivity contribution is 1.04. The van der Waals surface area contributed by atoms with Gasteiger partial charge in [0.25, 0.3) is 0 Å². The monoisotopic (exact) mass is 1300 g/mol. The third kappa shape index (κ3) is 9.47. The third-order valence-corrected chi connectivity index (χ3v) is 21.4. The van der Waals surface area contributed by atoms with Crippen LogP contribution in [-0.2, 0) is 25.7 Å². The number of aromatic amines is 2. The van der Waals surface area contributed by atoms with Gasteiger partial charge in [-0.25, -0.2) is 19.0 Å². The first-order valence-electron chi connectivity index (χ1n) is 36.2. The van der Waals surface area contributed by atoms with Gasteiger partial charge in [-0.1, -0.05) is 274 Å². The average Bonchev–Trinajstić information content (AvgIpc) is 1.55. The Hall–Kier alpha value is -11.5. The molecule has 8 nitrogen and oxygen atoms in total. The first-order chi connectivity index (χ1) is 49.4. The van der Waals surface area contributed by atoms with E-state index in [2.05, 4.69) is 305 Å². The Balaban J connectivity index is 1.23. The van der Waals surface area contributed by atoms with Crippen molar-refractivity contribution < 1.29 is 0 Å². The normalized spacial score (nSPS) is 12.6. The molecule has 0 spiro atoms. The largest absolute Gasteiger partial charge is 0.354 e. The molecule has 0 saturated carbocycles. The van der Waals surface area contributed by atoms with Gasteiger partial charge in [-0.2, -0.15) is 10.2 Å². The summed E-state index contributed by atoms with van der Waals surface area (Å²) >= 11 is 0. The van der Waals surface area contributed by atoms with Gasteiger partial charge in [0.05, 0.1) is 66.9 Å².